The van der Waals surface area contributed by atoms with Crippen LogP contribution in [0.5, 0.6) is 46.0 Å². The smallest absolute Gasteiger partial charge is 0.311 e. The number of methoxy groups -OCH3 is 8. The van der Waals surface area contributed by atoms with Crippen LogP contribution >= 0.6 is 0 Å². The van der Waals surface area contributed by atoms with E-state index in [0.29, 0.717) is 94.1 Å². The molecular weight excluding hydrogens is 869 g/mol. The second-order valence-corrected chi connectivity index (χ2v) is 18.4. The van der Waals surface area contributed by atoms with Gasteiger partial charge in [-0.15, -0.1) is 0 Å². The van der Waals surface area contributed by atoms with Crippen molar-refractivity contribution in [1.82, 2.24) is 0 Å². The van der Waals surface area contributed by atoms with Crippen molar-refractivity contribution in [2.45, 2.75) is 76.3 Å². The molecule has 0 amide bonds. The van der Waals surface area contributed by atoms with Crippen molar-refractivity contribution in [2.75, 3.05) is 110 Å². The Morgan fingerprint density at radius 1 is 0.529 bits per heavy atom. The number of hydrogen-bond acceptors (Lipinski definition) is 12. The lowest BCUT2D eigenvalue weighted by Crippen LogP contribution is -2.53. The third kappa shape index (κ3) is 11.7. The number of fused-ring (bicyclic) bond motifs is 2. The molecule has 2 aliphatic heterocycles. The summed E-state index contributed by atoms with van der Waals surface area (Å²) in [5, 5.41) is 0. The van der Waals surface area contributed by atoms with Crippen LogP contribution in [0.1, 0.15) is 90.4 Å². The first kappa shape index (κ1) is 51.5. The zero-order valence-corrected chi connectivity index (χ0v) is 42.2. The zero-order valence-electron chi connectivity index (χ0n) is 42.2. The van der Waals surface area contributed by atoms with Gasteiger partial charge in [-0.1, -0.05) is 19.1 Å². The van der Waals surface area contributed by atoms with Crippen molar-refractivity contribution in [1.29, 1.82) is 0 Å². The first-order valence-corrected chi connectivity index (χ1v) is 23.7. The molecule has 0 fully saturated rings. The molecule has 68 heavy (non-hydrogen) atoms. The molecule has 0 spiro atoms. The highest BCUT2D eigenvalue weighted by Gasteiger charge is 2.44. The number of unbranched alkanes of at least 4 members (excludes halogenated alkanes) is 2. The lowest BCUT2D eigenvalue weighted by atomic mass is 9.80. The molecule has 14 heteroatoms. The topological polar surface area (TPSA) is 126 Å². The third-order valence-electron chi connectivity index (χ3n) is 14.4. The Morgan fingerprint density at radius 3 is 1.51 bits per heavy atom. The van der Waals surface area contributed by atoms with Gasteiger partial charge >= 0.3 is 11.9 Å². The van der Waals surface area contributed by atoms with E-state index in [4.69, 9.17) is 47.4 Å². The Balaban J connectivity index is 0.999. The third-order valence-corrected chi connectivity index (χ3v) is 14.4. The summed E-state index contributed by atoms with van der Waals surface area (Å²) in [7, 11) is 17.6. The molecule has 5 atom stereocenters. The van der Waals surface area contributed by atoms with Gasteiger partial charge in [0.1, 0.15) is 12.1 Å². The average Bonchev–Trinajstić information content (AvgIpc) is 3.36. The summed E-state index contributed by atoms with van der Waals surface area (Å²) >= 11 is 0. The van der Waals surface area contributed by atoms with Gasteiger partial charge in [-0.25, -0.2) is 0 Å². The maximum absolute atomic E-state index is 13.3. The van der Waals surface area contributed by atoms with Crippen molar-refractivity contribution in [2.24, 2.45) is 0 Å². The molecular formula is C54H74N2O12+2. The predicted molar refractivity (Wildman–Crippen MR) is 260 cm³/mol. The second kappa shape index (κ2) is 23.4. The molecule has 14 nitrogen and oxygen atoms in total. The van der Waals surface area contributed by atoms with Crippen LogP contribution in [-0.2, 0) is 38.3 Å². The van der Waals surface area contributed by atoms with Crippen LogP contribution in [0.15, 0.2) is 60.7 Å². The lowest BCUT2D eigenvalue weighted by molar-refractivity contribution is -0.942. The Morgan fingerprint density at radius 2 is 0.971 bits per heavy atom. The molecule has 0 N–H and O–H groups in total. The normalized spacial score (nSPS) is 19.9. The molecule has 6 rings (SSSR count). The van der Waals surface area contributed by atoms with E-state index in [1.165, 1.54) is 22.3 Å². The first-order valence-electron chi connectivity index (χ1n) is 23.7. The fraction of sp³-hybridized carbons (Fsp3) is 0.519. The van der Waals surface area contributed by atoms with E-state index in [9.17, 15) is 9.59 Å². The largest absolute Gasteiger partial charge is 0.493 e. The van der Waals surface area contributed by atoms with Gasteiger partial charge in [-0.3, -0.25) is 9.59 Å². The molecule has 0 radical (unpaired) electrons. The standard InChI is InChI=1S/C54H74N2O12/c1-36(38-16-18-45(60-5)47(31-38)62-7)54-42-35-51(66-11)49(64-9)33-40(42)20-24-56(54,3)26-22-53(58)68-28-14-12-13-27-67-52(57)21-25-55(2)23-19-39-32-48(63-8)50(65-10)34-41(39)43(55)29-37-15-17-44(59-4)46(30-37)61-6/h15-18,30-36,43,54H,12-14,19-29H2,1-11H3/q+2. The van der Waals surface area contributed by atoms with Crippen LogP contribution in [-0.4, -0.2) is 131 Å². The Labute approximate surface area is 403 Å². The number of likely N-dealkylation sites (N-methyl/N-ethyl adjacent to an activating group) is 2. The zero-order chi connectivity index (χ0) is 49.0. The fourth-order valence-electron chi connectivity index (χ4n) is 10.4. The van der Waals surface area contributed by atoms with Gasteiger partial charge in [0.15, 0.2) is 46.0 Å². The summed E-state index contributed by atoms with van der Waals surface area (Å²) in [5.41, 5.74) is 7.00. The summed E-state index contributed by atoms with van der Waals surface area (Å²) in [6.45, 7) is 5.78. The summed E-state index contributed by atoms with van der Waals surface area (Å²) in [6, 6.07) is 20.5. The number of benzene rings is 4. The number of esters is 2. The number of carbonyl (C=O) groups is 2. The van der Waals surface area contributed by atoms with Crippen LogP contribution in [0.25, 0.3) is 0 Å². The summed E-state index contributed by atoms with van der Waals surface area (Å²) in [6.07, 6.45) is 5.11. The minimum atomic E-state index is -0.217. The van der Waals surface area contributed by atoms with E-state index < -0.39 is 0 Å². The average molecular weight is 943 g/mol. The Hall–Kier alpha value is -5.86. The fourth-order valence-corrected chi connectivity index (χ4v) is 10.4. The van der Waals surface area contributed by atoms with E-state index in [1.807, 2.05) is 24.3 Å². The summed E-state index contributed by atoms with van der Waals surface area (Å²) < 4.78 is 58.0. The van der Waals surface area contributed by atoms with E-state index in [0.717, 1.165) is 49.9 Å². The number of hydrogen-bond donors (Lipinski definition) is 0. The number of rotatable bonds is 24. The summed E-state index contributed by atoms with van der Waals surface area (Å²) in [4.78, 5) is 26.5. The highest BCUT2D eigenvalue weighted by Crippen LogP contribution is 2.49. The molecule has 0 saturated carbocycles. The van der Waals surface area contributed by atoms with Crippen molar-refractivity contribution in [3.63, 3.8) is 0 Å². The van der Waals surface area contributed by atoms with Gasteiger partial charge in [0.05, 0.1) is 123 Å². The number of nitrogens with zero attached hydrogens (tertiary/aromatic N) is 2. The molecule has 0 aromatic heterocycles. The highest BCUT2D eigenvalue weighted by atomic mass is 16.5. The predicted octanol–water partition coefficient (Wildman–Crippen LogP) is 8.63. The molecule has 370 valence electrons. The van der Waals surface area contributed by atoms with Crippen molar-refractivity contribution in [3.8, 4) is 46.0 Å². The molecule has 4 aromatic carbocycles. The van der Waals surface area contributed by atoms with Gasteiger partial charge in [0, 0.05) is 36.3 Å². The quantitative estimate of drug-likeness (QED) is 0.0379. The summed E-state index contributed by atoms with van der Waals surface area (Å²) in [5.74, 6) is 5.10. The van der Waals surface area contributed by atoms with Crippen molar-refractivity contribution < 1.29 is 65.9 Å². The second-order valence-electron chi connectivity index (χ2n) is 18.4. The molecule has 2 heterocycles. The van der Waals surface area contributed by atoms with Crippen LogP contribution in [0.4, 0.5) is 0 Å². The van der Waals surface area contributed by atoms with Gasteiger partial charge in [-0.05, 0) is 90.0 Å². The number of ether oxygens (including phenoxy) is 10. The Kier molecular flexibility index (Phi) is 17.8. The monoisotopic (exact) mass is 943 g/mol. The molecule has 2 aliphatic rings. The first-order chi connectivity index (χ1) is 32.8. The van der Waals surface area contributed by atoms with Gasteiger partial charge in [0.2, 0.25) is 0 Å². The molecule has 4 aromatic rings. The van der Waals surface area contributed by atoms with Crippen LogP contribution in [0.3, 0.4) is 0 Å². The highest BCUT2D eigenvalue weighted by molar-refractivity contribution is 5.69. The maximum Gasteiger partial charge on any atom is 0.311 e. The maximum atomic E-state index is 13.3. The SMILES string of the molecule is COc1ccc(CC2c3cc(OC)c(OC)cc3CC[N+]2(C)CCC(=O)OCCCCCOC(=O)CC[N+]2(C)CCc3cc(OC)c(OC)cc3C2C(C)c2ccc(OC)c(OC)c2)cc1OC. The van der Waals surface area contributed by atoms with Crippen LogP contribution in [0, 0.1) is 0 Å². The van der Waals surface area contributed by atoms with E-state index in [-0.39, 0.29) is 42.8 Å². The lowest BCUT2D eigenvalue weighted by Gasteiger charge is -2.48. The molecule has 5 unspecified atom stereocenters. The van der Waals surface area contributed by atoms with E-state index in [2.05, 4.69) is 57.4 Å². The van der Waals surface area contributed by atoms with E-state index >= 15 is 0 Å². The number of carbonyl (C=O) groups excluding carboxylic acids is 2. The van der Waals surface area contributed by atoms with Gasteiger partial charge in [-0.2, -0.15) is 0 Å². The molecule has 0 aliphatic carbocycles. The van der Waals surface area contributed by atoms with E-state index in [1.54, 1.807) is 56.9 Å². The van der Waals surface area contributed by atoms with Crippen molar-refractivity contribution >= 4 is 11.9 Å². The van der Waals surface area contributed by atoms with Crippen LogP contribution < -0.4 is 37.9 Å². The van der Waals surface area contributed by atoms with Crippen LogP contribution in [0.2, 0.25) is 0 Å². The molecule has 0 saturated heterocycles. The van der Waals surface area contributed by atoms with Gasteiger partial charge < -0.3 is 56.3 Å². The number of quaternary nitrogens is 2. The molecule has 0 bridgehead atoms. The minimum absolute atomic E-state index is 0.00694. The van der Waals surface area contributed by atoms with Crippen molar-refractivity contribution in [3.05, 3.63) is 94.0 Å². The Bertz CT molecular complexity index is 2350. The van der Waals surface area contributed by atoms with Gasteiger partial charge in [0.25, 0.3) is 0 Å². The minimum Gasteiger partial charge on any atom is -0.493 e.